The van der Waals surface area contributed by atoms with Crippen molar-refractivity contribution in [3.05, 3.63) is 102 Å². The van der Waals surface area contributed by atoms with Gasteiger partial charge in [0.05, 0.1) is 13.1 Å². The number of nitrogens with one attached hydrogen (secondary N) is 1. The molecule has 0 radical (unpaired) electrons. The highest BCUT2D eigenvalue weighted by Crippen LogP contribution is 2.38. The average Bonchev–Trinajstić information content (AvgIpc) is 2.93. The van der Waals surface area contributed by atoms with E-state index in [4.69, 9.17) is 14.6 Å². The Hall–Kier alpha value is -3.85. The number of anilines is 1. The van der Waals surface area contributed by atoms with E-state index in [0.717, 1.165) is 41.7 Å². The molecule has 3 aliphatic rings. The Bertz CT molecular complexity index is 1220. The molecule has 2 atom stereocenters. The molecule has 6 nitrogen and oxygen atoms in total. The van der Waals surface area contributed by atoms with Crippen LogP contribution in [-0.2, 0) is 20.9 Å². The number of ether oxygens (including phenoxy) is 1. The molecule has 6 rings (SSSR count). The summed E-state index contributed by atoms with van der Waals surface area (Å²) in [6.07, 6.45) is -2.95. The first-order chi connectivity index (χ1) is 18.7. The first kappa shape index (κ1) is 28.2. The van der Waals surface area contributed by atoms with E-state index in [9.17, 15) is 18.0 Å². The molecule has 3 fully saturated rings. The van der Waals surface area contributed by atoms with Crippen LogP contribution in [0.2, 0.25) is 0 Å². The number of hydrogen-bond donors (Lipinski definition) is 1. The van der Waals surface area contributed by atoms with E-state index < -0.39 is 18.2 Å². The molecule has 3 aromatic rings. The standard InChI is InChI=1S/C28H31N2O2.C2HF3O2/c31-28(27(24-12-6-2-7-13-24)29-25-14-8-3-9-15-25)32-26-21-30(18-16-23(26)17-19-30)20-22-10-4-1-5-11-22;3-2(4,5)1(6)7/h1-15,23,26-27,29H,16-21H2;(H,6,7)/q+1;/p-1/t23?,26-,27?,30?;/m0./s1. The molecular formula is C30H31F3N2O4. The van der Waals surface area contributed by atoms with Crippen LogP contribution in [-0.4, -0.2) is 48.3 Å². The van der Waals surface area contributed by atoms with Gasteiger partial charge < -0.3 is 24.4 Å². The molecule has 3 aromatic carbocycles. The smallest absolute Gasteiger partial charge is 0.430 e. The summed E-state index contributed by atoms with van der Waals surface area (Å²) in [5.41, 5.74) is 3.21. The van der Waals surface area contributed by atoms with E-state index in [-0.39, 0.29) is 12.1 Å². The van der Waals surface area contributed by atoms with Crippen molar-refractivity contribution in [3.63, 3.8) is 0 Å². The number of carbonyl (C=O) groups is 2. The van der Waals surface area contributed by atoms with Crippen LogP contribution in [0, 0.1) is 5.92 Å². The maximum atomic E-state index is 13.5. The average molecular weight is 541 g/mol. The van der Waals surface area contributed by atoms with Gasteiger partial charge in [-0.3, -0.25) is 0 Å². The third-order valence-corrected chi connectivity index (χ3v) is 7.35. The van der Waals surface area contributed by atoms with E-state index in [1.165, 1.54) is 18.7 Å². The Morgan fingerprint density at radius 1 is 0.897 bits per heavy atom. The van der Waals surface area contributed by atoms with Gasteiger partial charge in [-0.15, -0.1) is 0 Å². The summed E-state index contributed by atoms with van der Waals surface area (Å²) in [7, 11) is 0. The predicted octanol–water partition coefficient (Wildman–Crippen LogP) is 4.49. The zero-order chi connectivity index (χ0) is 27.9. The zero-order valence-electron chi connectivity index (χ0n) is 21.3. The second-order valence-electron chi connectivity index (χ2n) is 10.1. The molecule has 2 bridgehead atoms. The number of fused-ring (bicyclic) bond motifs is 3. The number of aliphatic carboxylic acids is 1. The summed E-state index contributed by atoms with van der Waals surface area (Å²) < 4.78 is 38.8. The number of carbonyl (C=O) groups excluding carboxylic acids is 2. The van der Waals surface area contributed by atoms with Crippen molar-refractivity contribution in [2.45, 2.75) is 37.7 Å². The van der Waals surface area contributed by atoms with Crippen LogP contribution in [0.3, 0.4) is 0 Å². The maximum Gasteiger partial charge on any atom is 0.430 e. The maximum absolute atomic E-state index is 13.5. The highest BCUT2D eigenvalue weighted by Gasteiger charge is 2.48. The Labute approximate surface area is 225 Å². The summed E-state index contributed by atoms with van der Waals surface area (Å²) in [6.45, 7) is 4.29. The van der Waals surface area contributed by atoms with Crippen LogP contribution < -0.4 is 10.4 Å². The van der Waals surface area contributed by atoms with E-state index in [2.05, 4.69) is 35.6 Å². The van der Waals surface area contributed by atoms with Gasteiger partial charge in [0.15, 0.2) is 12.1 Å². The normalized spacial score (nSPS) is 22.6. The van der Waals surface area contributed by atoms with Crippen LogP contribution in [0.5, 0.6) is 0 Å². The van der Waals surface area contributed by atoms with E-state index in [1.807, 2.05) is 60.7 Å². The molecule has 1 unspecified atom stereocenters. The summed E-state index contributed by atoms with van der Waals surface area (Å²) in [4.78, 5) is 22.2. The lowest BCUT2D eigenvalue weighted by atomic mass is 9.82. The van der Waals surface area contributed by atoms with Crippen LogP contribution in [0.15, 0.2) is 91.0 Å². The number of alkyl halides is 3. The van der Waals surface area contributed by atoms with Gasteiger partial charge in [-0.1, -0.05) is 78.9 Å². The van der Waals surface area contributed by atoms with Crippen molar-refractivity contribution in [2.75, 3.05) is 25.0 Å². The predicted molar refractivity (Wildman–Crippen MR) is 138 cm³/mol. The third kappa shape index (κ3) is 7.60. The van der Waals surface area contributed by atoms with Gasteiger partial charge in [-0.05, 0) is 17.7 Å². The van der Waals surface area contributed by atoms with Gasteiger partial charge in [0.1, 0.15) is 19.1 Å². The fourth-order valence-corrected chi connectivity index (χ4v) is 5.39. The van der Waals surface area contributed by atoms with E-state index in [1.54, 1.807) is 0 Å². The Morgan fingerprint density at radius 2 is 1.41 bits per heavy atom. The summed E-state index contributed by atoms with van der Waals surface area (Å²) in [6, 6.07) is 30.0. The Kier molecular flexibility index (Phi) is 8.91. The number of quaternary nitrogens is 1. The molecule has 0 saturated carbocycles. The molecule has 0 spiro atoms. The minimum absolute atomic E-state index is 0.0162. The first-order valence-corrected chi connectivity index (χ1v) is 12.9. The molecule has 0 amide bonds. The molecule has 0 aliphatic carbocycles. The minimum atomic E-state index is -5.19. The molecule has 3 heterocycles. The quantitative estimate of drug-likeness (QED) is 0.353. The first-order valence-electron chi connectivity index (χ1n) is 12.9. The van der Waals surface area contributed by atoms with Gasteiger partial charge in [0.2, 0.25) is 0 Å². The number of nitrogens with zero attached hydrogens (tertiary/aromatic N) is 1. The lowest BCUT2D eigenvalue weighted by Crippen LogP contribution is -2.63. The summed E-state index contributed by atoms with van der Waals surface area (Å²) in [5, 5.41) is 12.2. The van der Waals surface area contributed by atoms with Crippen molar-refractivity contribution in [2.24, 2.45) is 5.92 Å². The van der Waals surface area contributed by atoms with Gasteiger partial charge in [0, 0.05) is 30.0 Å². The summed E-state index contributed by atoms with van der Waals surface area (Å²) >= 11 is 0. The molecule has 3 saturated heterocycles. The van der Waals surface area contributed by atoms with Gasteiger partial charge in [-0.25, -0.2) is 4.79 Å². The number of halogens is 3. The summed E-state index contributed by atoms with van der Waals surface area (Å²) in [5.74, 6) is -2.72. The Balaban J connectivity index is 0.000000448. The van der Waals surface area contributed by atoms with Crippen LogP contribution in [0.1, 0.15) is 30.0 Å². The molecule has 3 aliphatic heterocycles. The number of carboxylic acids is 1. The lowest BCUT2D eigenvalue weighted by molar-refractivity contribution is -0.958. The third-order valence-electron chi connectivity index (χ3n) is 7.35. The van der Waals surface area contributed by atoms with Crippen molar-refractivity contribution in [3.8, 4) is 0 Å². The van der Waals surface area contributed by atoms with Gasteiger partial charge >= 0.3 is 12.1 Å². The second kappa shape index (κ2) is 12.3. The molecule has 39 heavy (non-hydrogen) atoms. The molecule has 0 aromatic heterocycles. The topological polar surface area (TPSA) is 78.5 Å². The number of hydrogen-bond acceptors (Lipinski definition) is 5. The van der Waals surface area contributed by atoms with Crippen LogP contribution in [0.25, 0.3) is 0 Å². The minimum Gasteiger partial charge on any atom is -0.542 e. The molecule has 206 valence electrons. The number of para-hydroxylation sites is 1. The number of benzene rings is 3. The second-order valence-corrected chi connectivity index (χ2v) is 10.1. The van der Waals surface area contributed by atoms with Crippen LogP contribution in [0.4, 0.5) is 18.9 Å². The largest absolute Gasteiger partial charge is 0.542 e. The van der Waals surface area contributed by atoms with E-state index in [0.29, 0.717) is 5.92 Å². The molecular weight excluding hydrogens is 509 g/mol. The fraction of sp³-hybridized carbons (Fsp3) is 0.333. The van der Waals surface area contributed by atoms with Crippen LogP contribution >= 0.6 is 0 Å². The number of piperidine rings is 3. The lowest BCUT2D eigenvalue weighted by Gasteiger charge is -2.52. The molecule has 9 heteroatoms. The number of rotatable bonds is 7. The van der Waals surface area contributed by atoms with Crippen molar-refractivity contribution < 1.29 is 37.1 Å². The van der Waals surface area contributed by atoms with Crippen molar-refractivity contribution >= 4 is 17.6 Å². The van der Waals surface area contributed by atoms with Crippen molar-refractivity contribution in [1.29, 1.82) is 0 Å². The Morgan fingerprint density at radius 3 is 1.95 bits per heavy atom. The molecule has 1 N–H and O–H groups in total. The monoisotopic (exact) mass is 540 g/mol. The van der Waals surface area contributed by atoms with Gasteiger partial charge in [-0.2, -0.15) is 13.2 Å². The highest BCUT2D eigenvalue weighted by molar-refractivity contribution is 5.81. The zero-order valence-corrected chi connectivity index (χ0v) is 21.3. The van der Waals surface area contributed by atoms with Crippen molar-refractivity contribution in [1.82, 2.24) is 0 Å². The fourth-order valence-electron chi connectivity index (χ4n) is 5.39. The number of esters is 1. The van der Waals surface area contributed by atoms with Gasteiger partial charge in [0.25, 0.3) is 0 Å². The number of carboxylic acid groups (broad SMARTS) is 1. The highest BCUT2D eigenvalue weighted by atomic mass is 19.4. The SMILES string of the molecule is O=C(O[C@H]1C[N+]2(Cc3ccccc3)CCC1CC2)C(Nc1ccccc1)c1ccccc1.O=C([O-])C(F)(F)F. The van der Waals surface area contributed by atoms with E-state index >= 15 is 0 Å².